The van der Waals surface area contributed by atoms with Gasteiger partial charge >= 0.3 is 11.7 Å². The number of rotatable bonds is 5. The van der Waals surface area contributed by atoms with Crippen LogP contribution in [0.5, 0.6) is 17.6 Å². The molecule has 12 heteroatoms. The first kappa shape index (κ1) is 18.5. The number of ether oxygens (including phenoxy) is 1. The summed E-state index contributed by atoms with van der Waals surface area (Å²) in [5.41, 5.74) is 5.95. The summed E-state index contributed by atoms with van der Waals surface area (Å²) in [7, 11) is 0. The van der Waals surface area contributed by atoms with E-state index in [9.17, 15) is 14.7 Å². The van der Waals surface area contributed by atoms with E-state index < -0.39 is 11.6 Å². The lowest BCUT2D eigenvalue weighted by molar-refractivity contribution is 0.100. The van der Waals surface area contributed by atoms with Crippen LogP contribution >= 0.6 is 0 Å². The van der Waals surface area contributed by atoms with Gasteiger partial charge in [0.1, 0.15) is 11.4 Å². The first-order valence-corrected chi connectivity index (χ1v) is 9.36. The highest BCUT2D eigenvalue weighted by atomic mass is 16.5. The minimum atomic E-state index is -0.541. The molecule has 0 unspecified atom stereocenters. The van der Waals surface area contributed by atoms with E-state index in [4.69, 9.17) is 10.5 Å². The molecule has 1 fully saturated rings. The van der Waals surface area contributed by atoms with Gasteiger partial charge in [0.2, 0.25) is 11.8 Å². The molecule has 0 saturated heterocycles. The molecule has 5 rings (SSSR count). The van der Waals surface area contributed by atoms with Gasteiger partial charge in [-0.05, 0) is 43.2 Å². The van der Waals surface area contributed by atoms with Crippen molar-refractivity contribution in [1.82, 2.24) is 29.5 Å². The smallest absolute Gasteiger partial charge is 0.327 e. The fourth-order valence-corrected chi connectivity index (χ4v) is 2.90. The molecule has 1 aliphatic carbocycles. The van der Waals surface area contributed by atoms with Gasteiger partial charge in [0.15, 0.2) is 5.65 Å². The van der Waals surface area contributed by atoms with E-state index in [0.29, 0.717) is 27.8 Å². The second-order valence-electron chi connectivity index (χ2n) is 6.98. The van der Waals surface area contributed by atoms with E-state index in [1.165, 1.54) is 28.9 Å². The van der Waals surface area contributed by atoms with Gasteiger partial charge in [-0.2, -0.15) is 19.6 Å². The molecular formula is C19H16N8O4. The maximum absolute atomic E-state index is 11.4. The zero-order chi connectivity index (χ0) is 21.5. The first-order chi connectivity index (χ1) is 15.0. The monoisotopic (exact) mass is 420 g/mol. The van der Waals surface area contributed by atoms with Crippen LogP contribution in [0.2, 0.25) is 0 Å². The van der Waals surface area contributed by atoms with E-state index in [2.05, 4.69) is 30.0 Å². The number of hydrogen-bond acceptors (Lipinski definition) is 8. The summed E-state index contributed by atoms with van der Waals surface area (Å²) in [6.45, 7) is 0. The molecule has 12 nitrogen and oxygen atoms in total. The summed E-state index contributed by atoms with van der Waals surface area (Å²) in [4.78, 5) is 40.7. The topological polar surface area (TPSA) is 177 Å². The molecule has 1 aromatic carbocycles. The number of nitrogens with two attached hydrogens (primary N) is 1. The minimum Gasteiger partial charge on any atom is -0.493 e. The number of carbonyl (C=O) groups is 1. The quantitative estimate of drug-likeness (QED) is 0.331. The van der Waals surface area contributed by atoms with Crippen molar-refractivity contribution in [1.29, 1.82) is 0 Å². The maximum atomic E-state index is 11.4. The Hall–Kier alpha value is -4.48. The fraction of sp³-hybridized carbons (Fsp3) is 0.158. The van der Waals surface area contributed by atoms with Crippen LogP contribution in [0.4, 0.5) is 0 Å². The lowest BCUT2D eigenvalue weighted by Crippen LogP contribution is -2.23. The van der Waals surface area contributed by atoms with Gasteiger partial charge in [-0.25, -0.2) is 9.79 Å². The number of H-pyrrole nitrogens is 2. The maximum Gasteiger partial charge on any atom is 0.327 e. The van der Waals surface area contributed by atoms with Gasteiger partial charge in [0, 0.05) is 10.8 Å². The largest absolute Gasteiger partial charge is 0.493 e. The Morgan fingerprint density at radius 1 is 1.26 bits per heavy atom. The van der Waals surface area contributed by atoms with Crippen LogP contribution in [0, 0.1) is 0 Å². The number of benzene rings is 1. The Morgan fingerprint density at radius 3 is 2.68 bits per heavy atom. The number of aromatic nitrogens is 6. The molecule has 0 spiro atoms. The molecule has 1 saturated carbocycles. The highest BCUT2D eigenvalue weighted by molar-refractivity contribution is 5.92. The Morgan fingerprint density at radius 2 is 2.03 bits per heavy atom. The van der Waals surface area contributed by atoms with E-state index >= 15 is 0 Å². The number of nitrogens with one attached hydrogen (secondary N) is 2. The predicted molar refractivity (Wildman–Crippen MR) is 106 cm³/mol. The Bertz CT molecular complexity index is 1480. The molecular weight excluding hydrogens is 404 g/mol. The number of carbonyl (C=O) groups excluding carboxylic acids is 1. The molecule has 1 aliphatic rings. The standard InChI is InChI=1S/C19H16N8O4/c20-14(28)9-1-5-12(6-2-9)31-19-24-15-10(7-13-16(29)25-18(30)23-13)8-21-27(15)17(26-19)22-11-3-4-11/h1-2,5-8,11,29H,3-4H2,(H2,20,28)(H2,23,25,30)/b10-7-,22-17?. The van der Waals surface area contributed by atoms with Gasteiger partial charge in [0.05, 0.1) is 12.2 Å². The molecule has 0 radical (unpaired) electrons. The van der Waals surface area contributed by atoms with Gasteiger partial charge in [0.25, 0.3) is 5.62 Å². The van der Waals surface area contributed by atoms with E-state index in [-0.39, 0.29) is 23.6 Å². The second kappa shape index (κ2) is 7.09. The Balaban J connectivity index is 1.62. The van der Waals surface area contributed by atoms with E-state index in [0.717, 1.165) is 12.8 Å². The molecule has 0 atom stereocenters. The summed E-state index contributed by atoms with van der Waals surface area (Å²) >= 11 is 0. The number of aromatic amines is 2. The van der Waals surface area contributed by atoms with Crippen molar-refractivity contribution in [3.8, 4) is 17.6 Å². The summed E-state index contributed by atoms with van der Waals surface area (Å²) in [6.07, 6.45) is 4.98. The zero-order valence-corrected chi connectivity index (χ0v) is 15.9. The van der Waals surface area contributed by atoms with E-state index in [1.54, 1.807) is 12.1 Å². The third-order valence-electron chi connectivity index (χ3n) is 4.59. The number of amides is 1. The van der Waals surface area contributed by atoms with E-state index in [1.807, 2.05) is 0 Å². The zero-order valence-electron chi connectivity index (χ0n) is 15.9. The summed E-state index contributed by atoms with van der Waals surface area (Å²) < 4.78 is 7.23. The van der Waals surface area contributed by atoms with Crippen molar-refractivity contribution in [2.24, 2.45) is 10.7 Å². The highest BCUT2D eigenvalue weighted by Gasteiger charge is 2.21. The normalized spacial score (nSPS) is 15.0. The van der Waals surface area contributed by atoms with Gasteiger partial charge in [-0.3, -0.25) is 9.78 Å². The SMILES string of the molecule is NC(=O)c1ccc(Oc2nc(=NC3CC3)n3nc/c(=C/c4[nH]c(=O)[nH]c4O)c3n2)cc1. The summed E-state index contributed by atoms with van der Waals surface area (Å²) in [5.74, 6) is -0.433. The first-order valence-electron chi connectivity index (χ1n) is 9.36. The molecule has 4 aromatic rings. The average Bonchev–Trinajstić information content (AvgIpc) is 3.37. The van der Waals surface area contributed by atoms with Crippen molar-refractivity contribution < 1.29 is 14.6 Å². The Labute approximate surface area is 172 Å². The third kappa shape index (κ3) is 3.73. The molecule has 0 bridgehead atoms. The molecule has 3 heterocycles. The van der Waals surface area contributed by atoms with Crippen LogP contribution in [0.25, 0.3) is 11.7 Å². The lowest BCUT2D eigenvalue weighted by atomic mass is 10.2. The molecule has 1 amide bonds. The van der Waals surface area contributed by atoms with Crippen LogP contribution in [0.1, 0.15) is 28.9 Å². The van der Waals surface area contributed by atoms with Crippen molar-refractivity contribution in [3.63, 3.8) is 0 Å². The predicted octanol–water partition coefficient (Wildman–Crippen LogP) is -0.652. The summed E-state index contributed by atoms with van der Waals surface area (Å²) in [6, 6.07) is 6.43. The van der Waals surface area contributed by atoms with Crippen molar-refractivity contribution in [3.05, 3.63) is 63.0 Å². The number of nitrogens with zero attached hydrogens (tertiary/aromatic N) is 5. The number of fused-ring (bicyclic) bond motifs is 1. The molecule has 31 heavy (non-hydrogen) atoms. The number of aromatic hydroxyl groups is 1. The van der Waals surface area contributed by atoms with Crippen LogP contribution in [-0.4, -0.2) is 46.6 Å². The van der Waals surface area contributed by atoms with Crippen LogP contribution in [0.3, 0.4) is 0 Å². The Kier molecular flexibility index (Phi) is 4.24. The number of primary amides is 1. The molecule has 5 N–H and O–H groups in total. The van der Waals surface area contributed by atoms with Crippen molar-refractivity contribution in [2.45, 2.75) is 18.9 Å². The van der Waals surface area contributed by atoms with Crippen LogP contribution in [-0.2, 0) is 0 Å². The van der Waals surface area contributed by atoms with Crippen molar-refractivity contribution in [2.75, 3.05) is 0 Å². The van der Waals surface area contributed by atoms with Gasteiger partial charge in [-0.15, -0.1) is 0 Å². The highest BCUT2D eigenvalue weighted by Crippen LogP contribution is 2.22. The van der Waals surface area contributed by atoms with Crippen LogP contribution in [0.15, 0.2) is 40.2 Å². The second-order valence-corrected chi connectivity index (χ2v) is 6.98. The third-order valence-corrected chi connectivity index (χ3v) is 4.59. The lowest BCUT2D eigenvalue weighted by Gasteiger charge is -2.05. The number of hydrogen-bond donors (Lipinski definition) is 4. The molecule has 0 aliphatic heterocycles. The van der Waals surface area contributed by atoms with Gasteiger partial charge in [-0.1, -0.05) is 0 Å². The average molecular weight is 420 g/mol. The van der Waals surface area contributed by atoms with Gasteiger partial charge < -0.3 is 20.6 Å². The fourth-order valence-electron chi connectivity index (χ4n) is 2.90. The molecule has 156 valence electrons. The molecule has 3 aromatic heterocycles. The minimum absolute atomic E-state index is 0.0284. The van der Waals surface area contributed by atoms with Crippen molar-refractivity contribution >= 4 is 17.6 Å². The number of imidazole rings is 1. The van der Waals surface area contributed by atoms with Crippen LogP contribution < -0.4 is 27.0 Å². The summed E-state index contributed by atoms with van der Waals surface area (Å²) in [5, 5.41) is 14.6.